The molecule has 2 N–H and O–H groups in total. The van der Waals surface area contributed by atoms with Gasteiger partial charge in [-0.1, -0.05) is 80.4 Å². The molecule has 1 heterocycles. The van der Waals surface area contributed by atoms with E-state index in [1.807, 2.05) is 42.5 Å². The normalized spacial score (nSPS) is 10.8. The lowest BCUT2D eigenvalue weighted by atomic mass is 10.2. The molecule has 0 radical (unpaired) electrons. The van der Waals surface area contributed by atoms with E-state index >= 15 is 0 Å². The van der Waals surface area contributed by atoms with Crippen LogP contribution in [0.3, 0.4) is 0 Å². The third-order valence-corrected chi connectivity index (χ3v) is 5.92. The van der Waals surface area contributed by atoms with E-state index in [1.165, 1.54) is 0 Å². The number of amides is 3. The third-order valence-electron chi connectivity index (χ3n) is 4.94. The van der Waals surface area contributed by atoms with Gasteiger partial charge in [0.2, 0.25) is 5.91 Å². The molecule has 7 nitrogen and oxygen atoms in total. The van der Waals surface area contributed by atoms with Crippen LogP contribution in [0, 0.1) is 0 Å². The SMILES string of the molecule is CCCCCCn1c(SCC(=O)NC(=O)NCc2ccccc2)nc2ccccc2c1=O. The molecule has 0 aliphatic carbocycles. The molecule has 32 heavy (non-hydrogen) atoms. The number of nitrogens with zero attached hydrogens (tertiary/aromatic N) is 2. The second-order valence-corrected chi connectivity index (χ2v) is 8.38. The number of carbonyl (C=O) groups is 2. The van der Waals surface area contributed by atoms with Crippen LogP contribution in [0.2, 0.25) is 0 Å². The molecule has 1 aromatic heterocycles. The van der Waals surface area contributed by atoms with E-state index in [-0.39, 0.29) is 11.3 Å². The van der Waals surface area contributed by atoms with Crippen LogP contribution in [-0.4, -0.2) is 27.2 Å². The molecular formula is C24H28N4O3S. The Labute approximate surface area is 191 Å². The van der Waals surface area contributed by atoms with Crippen molar-refractivity contribution in [1.82, 2.24) is 20.2 Å². The first-order valence-electron chi connectivity index (χ1n) is 10.8. The van der Waals surface area contributed by atoms with E-state index in [2.05, 4.69) is 22.5 Å². The number of nitrogens with one attached hydrogen (secondary N) is 2. The van der Waals surface area contributed by atoms with Crippen molar-refractivity contribution in [3.63, 3.8) is 0 Å². The van der Waals surface area contributed by atoms with Crippen molar-refractivity contribution in [2.45, 2.75) is 50.9 Å². The van der Waals surface area contributed by atoms with Gasteiger partial charge in [0.1, 0.15) is 0 Å². The van der Waals surface area contributed by atoms with Crippen LogP contribution in [-0.2, 0) is 17.9 Å². The Bertz CT molecular complexity index is 1120. The van der Waals surface area contributed by atoms with Gasteiger partial charge in [-0.25, -0.2) is 9.78 Å². The summed E-state index contributed by atoms with van der Waals surface area (Å²) in [6.45, 7) is 3.02. The number of rotatable bonds is 10. The number of aromatic nitrogens is 2. The lowest BCUT2D eigenvalue weighted by Crippen LogP contribution is -2.40. The van der Waals surface area contributed by atoms with Gasteiger partial charge < -0.3 is 5.32 Å². The standard InChI is InChI=1S/C24H28N4O3S/c1-2-3-4-10-15-28-22(30)19-13-8-9-14-20(19)26-24(28)32-17-21(29)27-23(31)25-16-18-11-6-5-7-12-18/h5-9,11-14H,2-4,10,15-17H2,1H3,(H2,25,27,29,31). The van der Waals surface area contributed by atoms with Crippen molar-refractivity contribution in [2.24, 2.45) is 0 Å². The summed E-state index contributed by atoms with van der Waals surface area (Å²) in [7, 11) is 0. The predicted molar refractivity (Wildman–Crippen MR) is 128 cm³/mol. The smallest absolute Gasteiger partial charge is 0.321 e. The fourth-order valence-electron chi connectivity index (χ4n) is 3.27. The van der Waals surface area contributed by atoms with Gasteiger partial charge in [0, 0.05) is 13.1 Å². The van der Waals surface area contributed by atoms with Gasteiger partial charge in [-0.15, -0.1) is 0 Å². The lowest BCUT2D eigenvalue weighted by molar-refractivity contribution is -0.117. The fourth-order valence-corrected chi connectivity index (χ4v) is 4.09. The number of carbonyl (C=O) groups excluding carboxylic acids is 2. The highest BCUT2D eigenvalue weighted by molar-refractivity contribution is 7.99. The molecule has 0 fully saturated rings. The van der Waals surface area contributed by atoms with E-state index in [4.69, 9.17) is 0 Å². The molecule has 0 saturated heterocycles. The summed E-state index contributed by atoms with van der Waals surface area (Å²) in [6, 6.07) is 16.1. The zero-order chi connectivity index (χ0) is 22.8. The van der Waals surface area contributed by atoms with Crippen molar-refractivity contribution in [1.29, 1.82) is 0 Å². The summed E-state index contributed by atoms with van der Waals surface area (Å²) in [5.41, 5.74) is 1.44. The van der Waals surface area contributed by atoms with Crippen LogP contribution in [0.4, 0.5) is 4.79 Å². The molecule has 0 spiro atoms. The Kier molecular flexibility index (Phi) is 8.86. The number of benzene rings is 2. The van der Waals surface area contributed by atoms with E-state index in [1.54, 1.807) is 16.7 Å². The van der Waals surface area contributed by atoms with Crippen LogP contribution in [0.15, 0.2) is 64.5 Å². The summed E-state index contributed by atoms with van der Waals surface area (Å²) >= 11 is 1.16. The number of para-hydroxylation sites is 1. The van der Waals surface area contributed by atoms with Gasteiger partial charge in [0.15, 0.2) is 5.16 Å². The Morgan fingerprint density at radius 1 is 1.00 bits per heavy atom. The van der Waals surface area contributed by atoms with Crippen LogP contribution < -0.4 is 16.2 Å². The summed E-state index contributed by atoms with van der Waals surface area (Å²) in [5.74, 6) is -0.459. The average Bonchev–Trinajstić information content (AvgIpc) is 2.81. The quantitative estimate of drug-likeness (QED) is 0.274. The second-order valence-electron chi connectivity index (χ2n) is 7.43. The van der Waals surface area contributed by atoms with Crippen LogP contribution in [0.25, 0.3) is 10.9 Å². The van der Waals surface area contributed by atoms with Gasteiger partial charge in [0.05, 0.1) is 16.7 Å². The Balaban J connectivity index is 1.62. The van der Waals surface area contributed by atoms with Crippen molar-refractivity contribution in [3.8, 4) is 0 Å². The highest BCUT2D eigenvalue weighted by atomic mass is 32.2. The topological polar surface area (TPSA) is 93.1 Å². The van der Waals surface area contributed by atoms with E-state index < -0.39 is 11.9 Å². The number of urea groups is 1. The number of imide groups is 1. The molecule has 0 atom stereocenters. The van der Waals surface area contributed by atoms with Gasteiger partial charge in [-0.3, -0.25) is 19.5 Å². The van der Waals surface area contributed by atoms with Gasteiger partial charge in [-0.05, 0) is 24.1 Å². The summed E-state index contributed by atoms with van der Waals surface area (Å²) in [4.78, 5) is 41.9. The number of hydrogen-bond donors (Lipinski definition) is 2. The molecule has 0 unspecified atom stereocenters. The summed E-state index contributed by atoms with van der Waals surface area (Å²) < 4.78 is 1.64. The summed E-state index contributed by atoms with van der Waals surface area (Å²) in [5, 5.41) is 6.05. The lowest BCUT2D eigenvalue weighted by Gasteiger charge is -2.13. The molecule has 0 aliphatic heterocycles. The van der Waals surface area contributed by atoms with Crippen molar-refractivity contribution in [2.75, 3.05) is 5.75 Å². The molecule has 8 heteroatoms. The largest absolute Gasteiger partial charge is 0.334 e. The minimum Gasteiger partial charge on any atom is -0.334 e. The molecule has 0 saturated carbocycles. The fraction of sp³-hybridized carbons (Fsp3) is 0.333. The van der Waals surface area contributed by atoms with Crippen LogP contribution >= 0.6 is 11.8 Å². The van der Waals surface area contributed by atoms with Gasteiger partial charge in [0.25, 0.3) is 5.56 Å². The Morgan fingerprint density at radius 2 is 1.75 bits per heavy atom. The van der Waals surface area contributed by atoms with Crippen LogP contribution in [0.1, 0.15) is 38.2 Å². The van der Waals surface area contributed by atoms with Crippen molar-refractivity contribution >= 4 is 34.6 Å². The predicted octanol–water partition coefficient (Wildman–Crippen LogP) is 4.09. The maximum absolute atomic E-state index is 13.0. The van der Waals surface area contributed by atoms with Gasteiger partial charge in [-0.2, -0.15) is 0 Å². The molecule has 0 bridgehead atoms. The number of thioether (sulfide) groups is 1. The molecule has 2 aromatic carbocycles. The number of unbranched alkanes of at least 4 members (excludes halogenated alkanes) is 3. The zero-order valence-electron chi connectivity index (χ0n) is 18.2. The second kappa shape index (κ2) is 12.0. The van der Waals surface area contributed by atoms with E-state index in [0.29, 0.717) is 29.1 Å². The monoisotopic (exact) mass is 452 g/mol. The van der Waals surface area contributed by atoms with Crippen molar-refractivity contribution < 1.29 is 9.59 Å². The minimum absolute atomic E-state index is 0.0154. The van der Waals surface area contributed by atoms with Crippen LogP contribution in [0.5, 0.6) is 0 Å². The molecule has 3 amide bonds. The first kappa shape index (κ1) is 23.5. The first-order chi connectivity index (χ1) is 15.6. The minimum atomic E-state index is -0.553. The molecule has 3 aromatic rings. The van der Waals surface area contributed by atoms with Gasteiger partial charge >= 0.3 is 6.03 Å². The van der Waals surface area contributed by atoms with E-state index in [0.717, 1.165) is 43.0 Å². The molecule has 168 valence electrons. The van der Waals surface area contributed by atoms with E-state index in [9.17, 15) is 14.4 Å². The van der Waals surface area contributed by atoms with Crippen molar-refractivity contribution in [3.05, 3.63) is 70.5 Å². The third kappa shape index (κ3) is 6.68. The maximum atomic E-state index is 13.0. The number of hydrogen-bond acceptors (Lipinski definition) is 5. The average molecular weight is 453 g/mol. The summed E-state index contributed by atoms with van der Waals surface area (Å²) in [6.07, 6.45) is 4.12. The molecule has 0 aliphatic rings. The Hall–Kier alpha value is -3.13. The Morgan fingerprint density at radius 3 is 2.53 bits per heavy atom. The molecular weight excluding hydrogens is 424 g/mol. The zero-order valence-corrected chi connectivity index (χ0v) is 19.0. The molecule has 3 rings (SSSR count). The highest BCUT2D eigenvalue weighted by Crippen LogP contribution is 2.18. The maximum Gasteiger partial charge on any atom is 0.321 e. The first-order valence-corrected chi connectivity index (χ1v) is 11.8. The highest BCUT2D eigenvalue weighted by Gasteiger charge is 2.14. The number of fused-ring (bicyclic) bond motifs is 1.